The lowest BCUT2D eigenvalue weighted by molar-refractivity contribution is -0.131. The molecule has 0 aromatic carbocycles. The molecule has 0 radical (unpaired) electrons. The van der Waals surface area contributed by atoms with E-state index in [2.05, 4.69) is 11.4 Å². The van der Waals surface area contributed by atoms with Gasteiger partial charge < -0.3 is 10.1 Å². The minimum atomic E-state index is -0.787. The molecule has 1 saturated heterocycles. The number of ether oxygens (including phenoxy) is 1. The number of nitrogens with one attached hydrogen (secondary N) is 1. The summed E-state index contributed by atoms with van der Waals surface area (Å²) >= 11 is 0. The summed E-state index contributed by atoms with van der Waals surface area (Å²) in [5, 5.41) is 12.3. The molecule has 1 N–H and O–H groups in total. The van der Waals surface area contributed by atoms with Gasteiger partial charge in [0.05, 0.1) is 18.2 Å². The van der Waals surface area contributed by atoms with E-state index in [0.29, 0.717) is 12.8 Å². The molecule has 0 bridgehead atoms. The third-order valence-corrected chi connectivity index (χ3v) is 4.24. The Bertz CT molecular complexity index is 336. The largest absolute Gasteiger partial charge is 0.376 e. The van der Waals surface area contributed by atoms with Gasteiger partial charge in [-0.15, -0.1) is 0 Å². The lowest BCUT2D eigenvalue weighted by Gasteiger charge is -2.31. The van der Waals surface area contributed by atoms with Gasteiger partial charge in [0.15, 0.2) is 0 Å². The Balaban J connectivity index is 1.95. The van der Waals surface area contributed by atoms with Gasteiger partial charge in [0.25, 0.3) is 0 Å². The second-order valence-electron chi connectivity index (χ2n) is 5.57. The topological polar surface area (TPSA) is 62.1 Å². The van der Waals surface area contributed by atoms with Crippen molar-refractivity contribution in [3.05, 3.63) is 0 Å². The number of nitrogens with zero attached hydrogens (tertiary/aromatic N) is 1. The first-order chi connectivity index (χ1) is 8.68. The summed E-state index contributed by atoms with van der Waals surface area (Å²) in [4.78, 5) is 12.3. The number of nitriles is 1. The van der Waals surface area contributed by atoms with Crippen LogP contribution in [0.3, 0.4) is 0 Å². The van der Waals surface area contributed by atoms with Crippen LogP contribution < -0.4 is 5.32 Å². The van der Waals surface area contributed by atoms with Gasteiger partial charge >= 0.3 is 0 Å². The standard InChI is InChI=1S/C14H22N2O2/c1-11(12-6-5-9-18-12)16-13(17)14(10-15)7-3-2-4-8-14/h11-12H,2-9H2,1H3,(H,16,17). The zero-order valence-electron chi connectivity index (χ0n) is 11.1. The normalized spacial score (nSPS) is 28.3. The van der Waals surface area contributed by atoms with Crippen LogP contribution in [-0.2, 0) is 9.53 Å². The van der Waals surface area contributed by atoms with E-state index in [-0.39, 0.29) is 18.1 Å². The Hall–Kier alpha value is -1.08. The Morgan fingerprint density at radius 3 is 2.67 bits per heavy atom. The Labute approximate surface area is 109 Å². The molecule has 1 heterocycles. The Morgan fingerprint density at radius 1 is 1.39 bits per heavy atom. The van der Waals surface area contributed by atoms with Crippen molar-refractivity contribution in [1.29, 1.82) is 5.26 Å². The van der Waals surface area contributed by atoms with E-state index in [0.717, 1.165) is 38.7 Å². The molecule has 4 nitrogen and oxygen atoms in total. The monoisotopic (exact) mass is 250 g/mol. The van der Waals surface area contributed by atoms with Gasteiger partial charge in [-0.2, -0.15) is 5.26 Å². The molecule has 100 valence electrons. The second kappa shape index (κ2) is 5.71. The highest BCUT2D eigenvalue weighted by Crippen LogP contribution is 2.36. The number of carbonyl (C=O) groups is 1. The van der Waals surface area contributed by atoms with Gasteiger partial charge in [0, 0.05) is 6.61 Å². The summed E-state index contributed by atoms with van der Waals surface area (Å²) in [6.45, 7) is 2.76. The van der Waals surface area contributed by atoms with E-state index in [1.807, 2.05) is 6.92 Å². The van der Waals surface area contributed by atoms with Crippen molar-refractivity contribution >= 4 is 5.91 Å². The minimum absolute atomic E-state index is 0.00662. The molecule has 2 rings (SSSR count). The molecule has 0 aromatic rings. The summed E-state index contributed by atoms with van der Waals surface area (Å²) < 4.78 is 5.57. The van der Waals surface area contributed by atoms with Crippen LogP contribution in [0.4, 0.5) is 0 Å². The van der Waals surface area contributed by atoms with Crippen LogP contribution in [0.2, 0.25) is 0 Å². The van der Waals surface area contributed by atoms with Crippen LogP contribution in [0.1, 0.15) is 51.9 Å². The molecule has 0 spiro atoms. The zero-order chi connectivity index (χ0) is 13.0. The maximum atomic E-state index is 12.3. The highest BCUT2D eigenvalue weighted by atomic mass is 16.5. The van der Waals surface area contributed by atoms with E-state index < -0.39 is 5.41 Å². The lowest BCUT2D eigenvalue weighted by Crippen LogP contribution is -2.48. The van der Waals surface area contributed by atoms with Crippen molar-refractivity contribution in [2.24, 2.45) is 5.41 Å². The van der Waals surface area contributed by atoms with Crippen molar-refractivity contribution in [3.63, 3.8) is 0 Å². The fraction of sp³-hybridized carbons (Fsp3) is 0.857. The van der Waals surface area contributed by atoms with Crippen molar-refractivity contribution in [2.75, 3.05) is 6.61 Å². The van der Waals surface area contributed by atoms with Crippen LogP contribution in [0.15, 0.2) is 0 Å². The Morgan fingerprint density at radius 2 is 2.11 bits per heavy atom. The molecular weight excluding hydrogens is 228 g/mol. The number of rotatable bonds is 3. The molecule has 1 saturated carbocycles. The molecule has 2 atom stereocenters. The molecular formula is C14H22N2O2. The summed E-state index contributed by atoms with van der Waals surface area (Å²) in [6, 6.07) is 2.27. The highest BCUT2D eigenvalue weighted by Gasteiger charge is 2.41. The number of hydrogen-bond donors (Lipinski definition) is 1. The fourth-order valence-corrected chi connectivity index (χ4v) is 2.98. The van der Waals surface area contributed by atoms with Crippen LogP contribution in [0.5, 0.6) is 0 Å². The predicted octanol–water partition coefficient (Wildman–Crippen LogP) is 2.14. The number of carbonyl (C=O) groups excluding carboxylic acids is 1. The van der Waals surface area contributed by atoms with Gasteiger partial charge in [0.2, 0.25) is 5.91 Å². The summed E-state index contributed by atoms with van der Waals surface area (Å²) in [5.41, 5.74) is -0.787. The second-order valence-corrected chi connectivity index (χ2v) is 5.57. The molecule has 2 aliphatic rings. The summed E-state index contributed by atoms with van der Waals surface area (Å²) in [5.74, 6) is -0.0901. The van der Waals surface area contributed by atoms with Crippen molar-refractivity contribution < 1.29 is 9.53 Å². The van der Waals surface area contributed by atoms with Crippen molar-refractivity contribution in [2.45, 2.75) is 64.0 Å². The van der Waals surface area contributed by atoms with Gasteiger partial charge in [-0.3, -0.25) is 4.79 Å². The Kier molecular flexibility index (Phi) is 4.23. The van der Waals surface area contributed by atoms with Crippen LogP contribution in [0, 0.1) is 16.7 Å². The third-order valence-electron chi connectivity index (χ3n) is 4.24. The molecule has 2 fully saturated rings. The maximum Gasteiger partial charge on any atom is 0.240 e. The first kappa shape index (κ1) is 13.4. The van der Waals surface area contributed by atoms with Crippen molar-refractivity contribution in [3.8, 4) is 6.07 Å². The minimum Gasteiger partial charge on any atom is -0.376 e. The molecule has 1 amide bonds. The first-order valence-electron chi connectivity index (χ1n) is 7.02. The molecule has 4 heteroatoms. The predicted molar refractivity (Wildman–Crippen MR) is 67.7 cm³/mol. The van der Waals surface area contributed by atoms with Gasteiger partial charge in [-0.25, -0.2) is 0 Å². The molecule has 1 aliphatic carbocycles. The first-order valence-corrected chi connectivity index (χ1v) is 7.02. The van der Waals surface area contributed by atoms with Crippen LogP contribution in [0.25, 0.3) is 0 Å². The van der Waals surface area contributed by atoms with Crippen molar-refractivity contribution in [1.82, 2.24) is 5.32 Å². The van der Waals surface area contributed by atoms with E-state index in [1.165, 1.54) is 0 Å². The van der Waals surface area contributed by atoms with E-state index >= 15 is 0 Å². The summed E-state index contributed by atoms with van der Waals surface area (Å²) in [7, 11) is 0. The maximum absolute atomic E-state index is 12.3. The molecule has 1 aliphatic heterocycles. The van der Waals surface area contributed by atoms with Gasteiger partial charge in [-0.05, 0) is 32.6 Å². The SMILES string of the molecule is CC(NC(=O)C1(C#N)CCCCC1)C1CCCO1. The molecule has 2 unspecified atom stereocenters. The zero-order valence-corrected chi connectivity index (χ0v) is 11.1. The highest BCUT2D eigenvalue weighted by molar-refractivity contribution is 5.85. The van der Waals surface area contributed by atoms with Gasteiger partial charge in [-0.1, -0.05) is 19.3 Å². The number of amides is 1. The third kappa shape index (κ3) is 2.67. The molecule has 0 aromatic heterocycles. The van der Waals surface area contributed by atoms with Crippen LogP contribution in [-0.4, -0.2) is 24.7 Å². The average molecular weight is 250 g/mol. The van der Waals surface area contributed by atoms with Crippen LogP contribution >= 0.6 is 0 Å². The van der Waals surface area contributed by atoms with E-state index in [9.17, 15) is 10.1 Å². The van der Waals surface area contributed by atoms with E-state index in [4.69, 9.17) is 4.74 Å². The quantitative estimate of drug-likeness (QED) is 0.834. The number of hydrogen-bond acceptors (Lipinski definition) is 3. The fourth-order valence-electron chi connectivity index (χ4n) is 2.98. The van der Waals surface area contributed by atoms with Gasteiger partial charge in [0.1, 0.15) is 5.41 Å². The van der Waals surface area contributed by atoms with E-state index in [1.54, 1.807) is 0 Å². The molecule has 18 heavy (non-hydrogen) atoms. The lowest BCUT2D eigenvalue weighted by atomic mass is 9.74. The average Bonchev–Trinajstić information content (AvgIpc) is 2.93. The smallest absolute Gasteiger partial charge is 0.240 e. The summed E-state index contributed by atoms with van der Waals surface area (Å²) in [6.07, 6.45) is 6.69.